The Hall–Kier alpha value is -0.730. The number of carbonyl (C=O) groups is 1. The van der Waals surface area contributed by atoms with Gasteiger partial charge in [0.05, 0.1) is 7.11 Å². The van der Waals surface area contributed by atoms with Gasteiger partial charge in [-0.25, -0.2) is 4.79 Å². The molecule has 4 rings (SSSR count). The second-order valence-corrected chi connectivity index (χ2v) is 6.07. The standard InChI is InChI=1S/C13H20O3/c1-8-10-3-9-4-11(8)7-13(5-9,6-10)16-12(14)15-2/h8-11H,3-7H2,1-2H3. The van der Waals surface area contributed by atoms with Gasteiger partial charge in [0.2, 0.25) is 0 Å². The molecule has 4 aliphatic carbocycles. The maximum Gasteiger partial charge on any atom is 0.508 e. The van der Waals surface area contributed by atoms with E-state index in [1.807, 2.05) is 0 Å². The summed E-state index contributed by atoms with van der Waals surface area (Å²) in [4.78, 5) is 11.3. The molecule has 0 radical (unpaired) electrons. The highest BCUT2D eigenvalue weighted by atomic mass is 16.7. The molecule has 0 heterocycles. The van der Waals surface area contributed by atoms with Gasteiger partial charge >= 0.3 is 6.16 Å². The van der Waals surface area contributed by atoms with Gasteiger partial charge in [-0.15, -0.1) is 0 Å². The maximum absolute atomic E-state index is 11.3. The Morgan fingerprint density at radius 2 is 1.81 bits per heavy atom. The summed E-state index contributed by atoms with van der Waals surface area (Å²) in [7, 11) is 1.39. The van der Waals surface area contributed by atoms with E-state index in [0.717, 1.165) is 42.9 Å². The Kier molecular flexibility index (Phi) is 2.20. The van der Waals surface area contributed by atoms with Crippen molar-refractivity contribution in [2.45, 2.75) is 44.6 Å². The second kappa shape index (κ2) is 3.38. The van der Waals surface area contributed by atoms with Crippen LogP contribution in [0, 0.1) is 23.7 Å². The fraction of sp³-hybridized carbons (Fsp3) is 0.923. The summed E-state index contributed by atoms with van der Waals surface area (Å²) in [6, 6.07) is 0. The van der Waals surface area contributed by atoms with E-state index in [1.165, 1.54) is 20.0 Å². The third-order valence-electron chi connectivity index (χ3n) is 5.15. The normalized spacial score (nSPS) is 49.1. The van der Waals surface area contributed by atoms with Gasteiger partial charge in [-0.3, -0.25) is 0 Å². The largest absolute Gasteiger partial charge is 0.508 e. The van der Waals surface area contributed by atoms with Crippen molar-refractivity contribution in [2.75, 3.05) is 7.11 Å². The minimum absolute atomic E-state index is 0.171. The van der Waals surface area contributed by atoms with Gasteiger partial charge in [0, 0.05) is 0 Å². The van der Waals surface area contributed by atoms with E-state index in [1.54, 1.807) is 0 Å². The van der Waals surface area contributed by atoms with Crippen LogP contribution in [0.5, 0.6) is 0 Å². The van der Waals surface area contributed by atoms with Gasteiger partial charge < -0.3 is 9.47 Å². The first kappa shape index (κ1) is 10.4. The van der Waals surface area contributed by atoms with Gasteiger partial charge in [-0.1, -0.05) is 6.92 Å². The van der Waals surface area contributed by atoms with Crippen molar-refractivity contribution < 1.29 is 14.3 Å². The first-order valence-electron chi connectivity index (χ1n) is 6.39. The lowest BCUT2D eigenvalue weighted by Crippen LogP contribution is -2.55. The molecule has 3 heteroatoms. The first-order chi connectivity index (χ1) is 7.62. The minimum atomic E-state index is -0.491. The quantitative estimate of drug-likeness (QED) is 0.642. The van der Waals surface area contributed by atoms with Crippen LogP contribution in [-0.2, 0) is 9.47 Å². The lowest BCUT2D eigenvalue weighted by atomic mass is 9.50. The van der Waals surface area contributed by atoms with Crippen molar-refractivity contribution in [1.29, 1.82) is 0 Å². The predicted octanol–water partition coefficient (Wildman–Crippen LogP) is 2.98. The molecule has 0 aromatic rings. The molecule has 4 aliphatic rings. The van der Waals surface area contributed by atoms with E-state index in [2.05, 4.69) is 11.7 Å². The Morgan fingerprint density at radius 1 is 1.19 bits per heavy atom. The number of hydrogen-bond acceptors (Lipinski definition) is 3. The predicted molar refractivity (Wildman–Crippen MR) is 58.9 cm³/mol. The minimum Gasteiger partial charge on any atom is -0.438 e. The molecule has 0 aromatic heterocycles. The number of rotatable bonds is 1. The number of methoxy groups -OCH3 is 1. The smallest absolute Gasteiger partial charge is 0.438 e. The summed E-state index contributed by atoms with van der Waals surface area (Å²) in [5, 5.41) is 0. The van der Waals surface area contributed by atoms with Crippen LogP contribution in [0.4, 0.5) is 4.79 Å². The van der Waals surface area contributed by atoms with Crippen LogP contribution in [-0.4, -0.2) is 18.9 Å². The van der Waals surface area contributed by atoms with E-state index in [-0.39, 0.29) is 5.60 Å². The molecule has 0 N–H and O–H groups in total. The lowest BCUT2D eigenvalue weighted by Gasteiger charge is -2.58. The van der Waals surface area contributed by atoms with Crippen LogP contribution in [0.1, 0.15) is 39.0 Å². The summed E-state index contributed by atoms with van der Waals surface area (Å²) in [5.41, 5.74) is -0.171. The Balaban J connectivity index is 1.80. The van der Waals surface area contributed by atoms with Crippen molar-refractivity contribution in [2.24, 2.45) is 23.7 Å². The molecule has 2 unspecified atom stereocenters. The zero-order valence-electron chi connectivity index (χ0n) is 10.1. The van der Waals surface area contributed by atoms with E-state index in [0.29, 0.717) is 0 Å². The van der Waals surface area contributed by atoms with E-state index in [9.17, 15) is 4.79 Å². The average Bonchev–Trinajstić information content (AvgIpc) is 2.24. The summed E-state index contributed by atoms with van der Waals surface area (Å²) < 4.78 is 10.2. The van der Waals surface area contributed by atoms with Crippen LogP contribution in [0.15, 0.2) is 0 Å². The van der Waals surface area contributed by atoms with Crippen LogP contribution in [0.2, 0.25) is 0 Å². The van der Waals surface area contributed by atoms with Crippen molar-refractivity contribution in [3.8, 4) is 0 Å². The van der Waals surface area contributed by atoms with Crippen molar-refractivity contribution in [3.05, 3.63) is 0 Å². The lowest BCUT2D eigenvalue weighted by molar-refractivity contribution is -0.159. The third kappa shape index (κ3) is 1.44. The highest BCUT2D eigenvalue weighted by Gasteiger charge is 2.56. The molecular weight excluding hydrogens is 204 g/mol. The molecule has 0 spiro atoms. The van der Waals surface area contributed by atoms with Gasteiger partial charge in [0.25, 0.3) is 0 Å². The van der Waals surface area contributed by atoms with E-state index in [4.69, 9.17) is 4.74 Å². The molecule has 0 saturated heterocycles. The average molecular weight is 224 g/mol. The van der Waals surface area contributed by atoms with Gasteiger partial charge in [0.15, 0.2) is 0 Å². The summed E-state index contributed by atoms with van der Waals surface area (Å²) >= 11 is 0. The Morgan fingerprint density at radius 3 is 2.38 bits per heavy atom. The SMILES string of the molecule is COC(=O)OC12CC3CC(C1)C(C)C(C3)C2. The molecule has 0 amide bonds. The van der Waals surface area contributed by atoms with Gasteiger partial charge in [-0.05, 0) is 55.8 Å². The molecule has 2 atom stereocenters. The van der Waals surface area contributed by atoms with E-state index >= 15 is 0 Å². The second-order valence-electron chi connectivity index (χ2n) is 6.07. The zero-order valence-corrected chi connectivity index (χ0v) is 10.1. The molecular formula is C13H20O3. The number of ether oxygens (including phenoxy) is 2. The molecule has 3 nitrogen and oxygen atoms in total. The molecule has 4 fully saturated rings. The Labute approximate surface area is 96.5 Å². The van der Waals surface area contributed by atoms with Crippen molar-refractivity contribution >= 4 is 6.16 Å². The van der Waals surface area contributed by atoms with Crippen LogP contribution in [0.25, 0.3) is 0 Å². The third-order valence-corrected chi connectivity index (χ3v) is 5.15. The highest BCUT2D eigenvalue weighted by Crippen LogP contribution is 2.59. The van der Waals surface area contributed by atoms with E-state index < -0.39 is 6.16 Å². The monoisotopic (exact) mass is 224 g/mol. The first-order valence-corrected chi connectivity index (χ1v) is 6.39. The highest BCUT2D eigenvalue weighted by molar-refractivity contribution is 5.60. The maximum atomic E-state index is 11.3. The Bertz CT molecular complexity index is 296. The fourth-order valence-corrected chi connectivity index (χ4v) is 4.55. The fourth-order valence-electron chi connectivity index (χ4n) is 4.55. The summed E-state index contributed by atoms with van der Waals surface area (Å²) in [6.07, 6.45) is 5.41. The van der Waals surface area contributed by atoms with Gasteiger partial charge in [-0.2, -0.15) is 0 Å². The van der Waals surface area contributed by atoms with Crippen LogP contribution < -0.4 is 0 Å². The topological polar surface area (TPSA) is 35.5 Å². The van der Waals surface area contributed by atoms with Crippen molar-refractivity contribution in [1.82, 2.24) is 0 Å². The van der Waals surface area contributed by atoms with Crippen LogP contribution in [0.3, 0.4) is 0 Å². The van der Waals surface area contributed by atoms with Crippen LogP contribution >= 0.6 is 0 Å². The van der Waals surface area contributed by atoms with Crippen molar-refractivity contribution in [3.63, 3.8) is 0 Å². The molecule has 0 aromatic carbocycles. The molecule has 90 valence electrons. The molecule has 0 aliphatic heterocycles. The number of carbonyl (C=O) groups excluding carboxylic acids is 1. The van der Waals surface area contributed by atoms with Gasteiger partial charge in [0.1, 0.15) is 5.60 Å². The number of hydrogen-bond donors (Lipinski definition) is 0. The molecule has 16 heavy (non-hydrogen) atoms. The molecule has 4 bridgehead atoms. The zero-order chi connectivity index (χ0) is 11.3. The summed E-state index contributed by atoms with van der Waals surface area (Å²) in [6.45, 7) is 2.37. The molecule has 4 saturated carbocycles. The summed E-state index contributed by atoms with van der Waals surface area (Å²) in [5.74, 6) is 3.16.